The summed E-state index contributed by atoms with van der Waals surface area (Å²) in [5, 5.41) is 13.5. The number of nitrogens with zero attached hydrogens (tertiary/aromatic N) is 1. The van der Waals surface area contributed by atoms with Crippen LogP contribution in [-0.4, -0.2) is 42.3 Å². The molecule has 2 N–H and O–H groups in total. The lowest BCUT2D eigenvalue weighted by Gasteiger charge is -2.34. The standard InChI is InChI=1S/C24H27FN2O3/c1-2-17-30-22-9-3-18(4-10-22)11-14-26-24(29)27-15-12-20(13-16-27)23(28)19-5-7-21(25)8-6-19/h1,3-10,20,23,28H,11-17H2,(H,26,29). The number of amides is 2. The summed E-state index contributed by atoms with van der Waals surface area (Å²) in [5.74, 6) is 2.90. The number of aliphatic hydroxyl groups excluding tert-OH is 1. The summed E-state index contributed by atoms with van der Waals surface area (Å²) in [7, 11) is 0. The molecule has 1 saturated heterocycles. The summed E-state index contributed by atoms with van der Waals surface area (Å²) < 4.78 is 18.4. The van der Waals surface area contributed by atoms with Gasteiger partial charge in [0.25, 0.3) is 0 Å². The normalized spacial score (nSPS) is 15.3. The molecule has 1 heterocycles. The zero-order chi connectivity index (χ0) is 21.3. The molecule has 1 fully saturated rings. The van der Waals surface area contributed by atoms with E-state index in [1.54, 1.807) is 17.0 Å². The minimum Gasteiger partial charge on any atom is -0.481 e. The Hall–Kier alpha value is -3.04. The second-order valence-electron chi connectivity index (χ2n) is 7.44. The smallest absolute Gasteiger partial charge is 0.317 e. The van der Waals surface area contributed by atoms with Gasteiger partial charge in [0.2, 0.25) is 0 Å². The van der Waals surface area contributed by atoms with Crippen molar-refractivity contribution in [2.24, 2.45) is 5.92 Å². The number of rotatable bonds is 7. The molecule has 1 atom stereocenters. The Kier molecular flexibility index (Phi) is 7.69. The number of carbonyl (C=O) groups is 1. The van der Waals surface area contributed by atoms with Crippen molar-refractivity contribution < 1.29 is 19.0 Å². The average Bonchev–Trinajstić information content (AvgIpc) is 2.78. The minimum atomic E-state index is -0.636. The molecular weight excluding hydrogens is 383 g/mol. The van der Waals surface area contributed by atoms with E-state index in [9.17, 15) is 14.3 Å². The zero-order valence-corrected chi connectivity index (χ0v) is 16.9. The molecule has 30 heavy (non-hydrogen) atoms. The maximum atomic E-state index is 13.1. The number of carbonyl (C=O) groups excluding carboxylic acids is 1. The van der Waals surface area contributed by atoms with Crippen LogP contribution in [0.4, 0.5) is 9.18 Å². The van der Waals surface area contributed by atoms with Crippen LogP contribution >= 0.6 is 0 Å². The highest BCUT2D eigenvalue weighted by molar-refractivity contribution is 5.74. The number of hydrogen-bond donors (Lipinski definition) is 2. The number of benzene rings is 2. The summed E-state index contributed by atoms with van der Waals surface area (Å²) >= 11 is 0. The molecule has 0 saturated carbocycles. The third-order valence-corrected chi connectivity index (χ3v) is 5.42. The highest BCUT2D eigenvalue weighted by atomic mass is 19.1. The number of hydrogen-bond acceptors (Lipinski definition) is 3. The fraction of sp³-hybridized carbons (Fsp3) is 0.375. The molecule has 2 aromatic rings. The van der Waals surface area contributed by atoms with E-state index in [2.05, 4.69) is 11.2 Å². The number of aliphatic hydroxyl groups is 1. The van der Waals surface area contributed by atoms with Gasteiger partial charge in [0.15, 0.2) is 0 Å². The Balaban J connectivity index is 1.39. The molecule has 1 aliphatic heterocycles. The first kappa shape index (κ1) is 21.7. The predicted octanol–water partition coefficient (Wildman–Crippen LogP) is 3.54. The monoisotopic (exact) mass is 410 g/mol. The number of ether oxygens (including phenoxy) is 1. The van der Waals surface area contributed by atoms with Crippen molar-refractivity contribution in [1.29, 1.82) is 0 Å². The summed E-state index contributed by atoms with van der Waals surface area (Å²) in [6.07, 6.45) is 6.69. The molecule has 0 spiro atoms. The van der Waals surface area contributed by atoms with Crippen LogP contribution in [0, 0.1) is 24.1 Å². The SMILES string of the molecule is C#CCOc1ccc(CCNC(=O)N2CCC(C(O)c3ccc(F)cc3)CC2)cc1. The van der Waals surface area contributed by atoms with E-state index in [1.165, 1.54) is 12.1 Å². The van der Waals surface area contributed by atoms with Gasteiger partial charge < -0.3 is 20.1 Å². The Bertz CT molecular complexity index is 854. The molecule has 1 aliphatic rings. The molecule has 0 radical (unpaired) electrons. The van der Waals surface area contributed by atoms with Crippen LogP contribution in [0.25, 0.3) is 0 Å². The van der Waals surface area contributed by atoms with Crippen molar-refractivity contribution in [2.75, 3.05) is 26.2 Å². The van der Waals surface area contributed by atoms with E-state index in [-0.39, 0.29) is 24.4 Å². The summed E-state index contributed by atoms with van der Waals surface area (Å²) in [6, 6.07) is 13.5. The lowest BCUT2D eigenvalue weighted by atomic mass is 9.87. The van der Waals surface area contributed by atoms with Gasteiger partial charge in [-0.3, -0.25) is 0 Å². The van der Waals surface area contributed by atoms with Crippen molar-refractivity contribution in [3.63, 3.8) is 0 Å². The number of terminal acetylenes is 1. The molecule has 158 valence electrons. The van der Waals surface area contributed by atoms with E-state index >= 15 is 0 Å². The Morgan fingerprint density at radius 3 is 2.50 bits per heavy atom. The van der Waals surface area contributed by atoms with Crippen molar-refractivity contribution in [3.05, 3.63) is 65.5 Å². The van der Waals surface area contributed by atoms with E-state index in [4.69, 9.17) is 11.2 Å². The van der Waals surface area contributed by atoms with Crippen LogP contribution in [0.2, 0.25) is 0 Å². The van der Waals surface area contributed by atoms with Crippen LogP contribution in [-0.2, 0) is 6.42 Å². The second-order valence-corrected chi connectivity index (χ2v) is 7.44. The number of piperidine rings is 1. The second kappa shape index (κ2) is 10.7. The van der Waals surface area contributed by atoms with Crippen molar-refractivity contribution in [1.82, 2.24) is 10.2 Å². The third-order valence-electron chi connectivity index (χ3n) is 5.42. The summed E-state index contributed by atoms with van der Waals surface area (Å²) in [6.45, 7) is 1.97. The molecule has 2 aromatic carbocycles. The summed E-state index contributed by atoms with van der Waals surface area (Å²) in [4.78, 5) is 14.2. The largest absolute Gasteiger partial charge is 0.481 e. The molecule has 0 aliphatic carbocycles. The van der Waals surface area contributed by atoms with Crippen molar-refractivity contribution >= 4 is 6.03 Å². The number of nitrogens with one attached hydrogen (secondary N) is 1. The van der Waals surface area contributed by atoms with Crippen LogP contribution in [0.5, 0.6) is 5.75 Å². The third kappa shape index (κ3) is 5.98. The van der Waals surface area contributed by atoms with Gasteiger partial charge in [0.05, 0.1) is 6.10 Å². The van der Waals surface area contributed by atoms with Crippen molar-refractivity contribution in [2.45, 2.75) is 25.4 Å². The Labute approximate surface area is 176 Å². The van der Waals surface area contributed by atoms with Crippen molar-refractivity contribution in [3.8, 4) is 18.1 Å². The highest BCUT2D eigenvalue weighted by Crippen LogP contribution is 2.30. The first-order valence-electron chi connectivity index (χ1n) is 10.2. The highest BCUT2D eigenvalue weighted by Gasteiger charge is 2.28. The van der Waals surface area contributed by atoms with Gasteiger partial charge in [-0.2, -0.15) is 0 Å². The van der Waals surface area contributed by atoms with Crippen LogP contribution in [0.1, 0.15) is 30.1 Å². The van der Waals surface area contributed by atoms with E-state index in [0.717, 1.165) is 23.3 Å². The molecule has 0 bridgehead atoms. The predicted molar refractivity (Wildman–Crippen MR) is 114 cm³/mol. The Morgan fingerprint density at radius 2 is 1.87 bits per heavy atom. The van der Waals surface area contributed by atoms with Gasteiger partial charge in [-0.05, 0) is 60.6 Å². The molecule has 1 unspecified atom stereocenters. The minimum absolute atomic E-state index is 0.0646. The molecule has 5 nitrogen and oxygen atoms in total. The number of likely N-dealkylation sites (tertiary alicyclic amines) is 1. The molecule has 6 heteroatoms. The average molecular weight is 410 g/mol. The first-order chi connectivity index (χ1) is 14.6. The van der Waals surface area contributed by atoms with Gasteiger partial charge in [-0.15, -0.1) is 6.42 Å². The molecule has 3 rings (SSSR count). The van der Waals surface area contributed by atoms with Gasteiger partial charge in [0, 0.05) is 19.6 Å². The van der Waals surface area contributed by atoms with Gasteiger partial charge in [-0.1, -0.05) is 30.2 Å². The maximum absolute atomic E-state index is 13.1. The first-order valence-corrected chi connectivity index (χ1v) is 10.2. The Morgan fingerprint density at radius 1 is 1.20 bits per heavy atom. The van der Waals surface area contributed by atoms with E-state index in [0.29, 0.717) is 32.5 Å². The fourth-order valence-corrected chi connectivity index (χ4v) is 3.65. The zero-order valence-electron chi connectivity index (χ0n) is 16.9. The maximum Gasteiger partial charge on any atom is 0.317 e. The lowest BCUT2D eigenvalue weighted by Crippen LogP contribution is -2.45. The summed E-state index contributed by atoms with van der Waals surface area (Å²) in [5.41, 5.74) is 1.82. The van der Waals surface area contributed by atoms with E-state index < -0.39 is 6.10 Å². The van der Waals surface area contributed by atoms with Crippen LogP contribution in [0.15, 0.2) is 48.5 Å². The van der Waals surface area contributed by atoms with Gasteiger partial charge in [0.1, 0.15) is 18.2 Å². The number of halogens is 1. The van der Waals surface area contributed by atoms with Gasteiger partial charge >= 0.3 is 6.03 Å². The topological polar surface area (TPSA) is 61.8 Å². The number of urea groups is 1. The van der Waals surface area contributed by atoms with E-state index in [1.807, 2.05) is 24.3 Å². The van der Waals surface area contributed by atoms with Crippen LogP contribution in [0.3, 0.4) is 0 Å². The molecule has 2 amide bonds. The fourth-order valence-electron chi connectivity index (χ4n) is 3.65. The quantitative estimate of drug-likeness (QED) is 0.687. The molecular formula is C24H27FN2O3. The van der Waals surface area contributed by atoms with Crippen LogP contribution < -0.4 is 10.1 Å². The molecule has 0 aromatic heterocycles. The lowest BCUT2D eigenvalue weighted by molar-refractivity contribution is 0.0665. The van der Waals surface area contributed by atoms with Gasteiger partial charge in [-0.25, -0.2) is 9.18 Å².